The molecule has 3 fully saturated rings. The number of halogens is 3. The fourth-order valence-corrected chi connectivity index (χ4v) is 4.74. The zero-order chi connectivity index (χ0) is 20.3. The smallest absolute Gasteiger partial charge is 0.475 e. The number of likely N-dealkylation sites (tertiary alicyclic amines) is 1. The van der Waals surface area contributed by atoms with Gasteiger partial charge in [-0.15, -0.1) is 10.2 Å². The number of carbonyl (C=O) groups is 2. The third-order valence-corrected chi connectivity index (χ3v) is 6.08. The zero-order valence-electron chi connectivity index (χ0n) is 15.1. The molecule has 2 atom stereocenters. The van der Waals surface area contributed by atoms with Crippen molar-refractivity contribution in [1.29, 1.82) is 0 Å². The summed E-state index contributed by atoms with van der Waals surface area (Å²) in [7, 11) is 0. The number of fused-ring (bicyclic) bond motifs is 1. The summed E-state index contributed by atoms with van der Waals surface area (Å²) in [5.41, 5.74) is 1.78. The summed E-state index contributed by atoms with van der Waals surface area (Å²) in [6, 6.07) is 1.31. The Morgan fingerprint density at radius 3 is 2.36 bits per heavy atom. The number of nitrogens with one attached hydrogen (secondary N) is 1. The van der Waals surface area contributed by atoms with Gasteiger partial charge in [0, 0.05) is 19.1 Å². The zero-order valence-corrected chi connectivity index (χ0v) is 15.9. The minimum atomic E-state index is -5.08. The third-order valence-electron chi connectivity index (χ3n) is 5.36. The van der Waals surface area contributed by atoms with E-state index in [1.165, 1.54) is 12.8 Å². The van der Waals surface area contributed by atoms with Crippen molar-refractivity contribution in [3.05, 3.63) is 5.51 Å². The van der Waals surface area contributed by atoms with Crippen LogP contribution in [0, 0.1) is 0 Å². The maximum atomic E-state index is 12.5. The van der Waals surface area contributed by atoms with Crippen LogP contribution in [0.4, 0.5) is 23.1 Å². The van der Waals surface area contributed by atoms with E-state index in [2.05, 4.69) is 25.3 Å². The second-order valence-electron chi connectivity index (χ2n) is 7.05. The van der Waals surface area contributed by atoms with Crippen molar-refractivity contribution in [2.24, 2.45) is 0 Å². The monoisotopic (exact) mass is 421 g/mol. The Hall–Kier alpha value is -2.11. The first-order valence-corrected chi connectivity index (χ1v) is 10.1. The number of carbonyl (C=O) groups excluding carboxylic acids is 1. The van der Waals surface area contributed by atoms with Gasteiger partial charge in [0.2, 0.25) is 5.13 Å². The van der Waals surface area contributed by atoms with Crippen molar-refractivity contribution in [2.75, 3.05) is 18.0 Å². The van der Waals surface area contributed by atoms with Gasteiger partial charge in [-0.25, -0.2) is 9.59 Å². The standard InChI is InChI=1S/C14H21N5OS.C2HF3O2/c20-13(16-10-3-1-2-4-10)18-7-5-12-11(18)6-8-19(12)14-17-15-9-21-14;3-2(4,5)1(6)7/h9-12H,1-8H2,(H,16,20);(H,6,7)/t11-,12+;/m1./s1. The average molecular weight is 421 g/mol. The summed E-state index contributed by atoms with van der Waals surface area (Å²) < 4.78 is 31.7. The summed E-state index contributed by atoms with van der Waals surface area (Å²) in [6.45, 7) is 1.85. The van der Waals surface area contributed by atoms with E-state index < -0.39 is 12.1 Å². The van der Waals surface area contributed by atoms with Gasteiger partial charge < -0.3 is 20.2 Å². The molecule has 2 N–H and O–H groups in total. The molecule has 0 unspecified atom stereocenters. The number of anilines is 1. The lowest BCUT2D eigenvalue weighted by Gasteiger charge is -2.26. The van der Waals surface area contributed by atoms with Gasteiger partial charge in [-0.2, -0.15) is 13.2 Å². The quantitative estimate of drug-likeness (QED) is 0.761. The van der Waals surface area contributed by atoms with Gasteiger partial charge in [-0.05, 0) is 25.7 Å². The predicted octanol–water partition coefficient (Wildman–Crippen LogP) is 2.48. The lowest BCUT2D eigenvalue weighted by molar-refractivity contribution is -0.192. The number of aromatic nitrogens is 2. The number of carboxylic acids is 1. The van der Waals surface area contributed by atoms with E-state index in [1.807, 2.05) is 0 Å². The lowest BCUT2D eigenvalue weighted by atomic mass is 10.1. The minimum Gasteiger partial charge on any atom is -0.475 e. The molecular formula is C16H22F3N5O3S. The van der Waals surface area contributed by atoms with Crippen LogP contribution in [-0.2, 0) is 4.79 Å². The second kappa shape index (κ2) is 8.50. The highest BCUT2D eigenvalue weighted by atomic mass is 32.1. The van der Waals surface area contributed by atoms with Gasteiger partial charge in [0.05, 0.1) is 12.1 Å². The molecule has 28 heavy (non-hydrogen) atoms. The molecule has 1 aliphatic carbocycles. The van der Waals surface area contributed by atoms with Crippen LogP contribution in [-0.4, -0.2) is 69.6 Å². The Balaban J connectivity index is 0.000000279. The van der Waals surface area contributed by atoms with Gasteiger partial charge in [-0.3, -0.25) is 0 Å². The molecule has 12 heteroatoms. The van der Waals surface area contributed by atoms with E-state index in [9.17, 15) is 18.0 Å². The highest BCUT2D eigenvalue weighted by Crippen LogP contribution is 2.35. The maximum absolute atomic E-state index is 12.5. The van der Waals surface area contributed by atoms with Crippen LogP contribution in [0.25, 0.3) is 0 Å². The molecule has 3 aliphatic rings. The first-order valence-electron chi connectivity index (χ1n) is 9.17. The molecule has 1 saturated carbocycles. The Morgan fingerprint density at radius 1 is 1.14 bits per heavy atom. The average Bonchev–Trinajstić information content (AvgIpc) is 3.39. The molecule has 0 radical (unpaired) electrons. The van der Waals surface area contributed by atoms with Gasteiger partial charge in [-0.1, -0.05) is 24.2 Å². The van der Waals surface area contributed by atoms with E-state index in [-0.39, 0.29) is 6.03 Å². The maximum Gasteiger partial charge on any atom is 0.490 e. The number of hydrogen-bond donors (Lipinski definition) is 2. The number of amides is 2. The Labute approximate surface area is 163 Å². The Morgan fingerprint density at radius 2 is 1.79 bits per heavy atom. The second-order valence-corrected chi connectivity index (χ2v) is 7.87. The molecule has 0 bridgehead atoms. The summed E-state index contributed by atoms with van der Waals surface area (Å²) in [6.07, 6.45) is 1.80. The van der Waals surface area contributed by atoms with E-state index in [0.717, 1.165) is 43.9 Å². The molecule has 8 nitrogen and oxygen atoms in total. The van der Waals surface area contributed by atoms with Gasteiger partial charge in [0.25, 0.3) is 0 Å². The molecule has 2 aliphatic heterocycles. The number of carboxylic acid groups (broad SMARTS) is 1. The molecule has 3 heterocycles. The molecular weight excluding hydrogens is 399 g/mol. The number of alkyl halides is 3. The van der Waals surface area contributed by atoms with Gasteiger partial charge in [0.1, 0.15) is 5.51 Å². The molecule has 0 aromatic carbocycles. The SMILES string of the molecule is O=C(NC1CCCC1)N1CC[C@H]2[C@H]1CCN2c1nncs1.O=C(O)C(F)(F)F. The normalized spacial score (nSPS) is 24.7. The van der Waals surface area contributed by atoms with E-state index in [4.69, 9.17) is 9.90 Å². The van der Waals surface area contributed by atoms with Crippen molar-refractivity contribution in [1.82, 2.24) is 20.4 Å². The van der Waals surface area contributed by atoms with Crippen LogP contribution in [0.1, 0.15) is 38.5 Å². The van der Waals surface area contributed by atoms with Crippen LogP contribution < -0.4 is 10.2 Å². The van der Waals surface area contributed by atoms with Crippen LogP contribution >= 0.6 is 11.3 Å². The fraction of sp³-hybridized carbons (Fsp3) is 0.750. The van der Waals surface area contributed by atoms with Crippen molar-refractivity contribution >= 4 is 28.5 Å². The van der Waals surface area contributed by atoms with E-state index in [1.54, 1.807) is 16.8 Å². The summed E-state index contributed by atoms with van der Waals surface area (Å²) in [5.74, 6) is -2.76. The summed E-state index contributed by atoms with van der Waals surface area (Å²) >= 11 is 1.59. The summed E-state index contributed by atoms with van der Waals surface area (Å²) in [4.78, 5) is 25.8. The number of nitrogens with zero attached hydrogens (tertiary/aromatic N) is 4. The van der Waals surface area contributed by atoms with Crippen LogP contribution in [0.3, 0.4) is 0 Å². The van der Waals surface area contributed by atoms with Crippen molar-refractivity contribution < 1.29 is 27.9 Å². The first kappa shape index (κ1) is 20.6. The third kappa shape index (κ3) is 4.65. The highest BCUT2D eigenvalue weighted by Gasteiger charge is 2.45. The minimum absolute atomic E-state index is 0.147. The Bertz CT molecular complexity index is 682. The highest BCUT2D eigenvalue weighted by molar-refractivity contribution is 7.13. The van der Waals surface area contributed by atoms with Crippen LogP contribution in [0.15, 0.2) is 5.51 Å². The predicted molar refractivity (Wildman–Crippen MR) is 95.2 cm³/mol. The first-order chi connectivity index (χ1) is 13.3. The van der Waals surface area contributed by atoms with Crippen LogP contribution in [0.2, 0.25) is 0 Å². The molecule has 2 saturated heterocycles. The number of hydrogen-bond acceptors (Lipinski definition) is 6. The van der Waals surface area contributed by atoms with E-state index >= 15 is 0 Å². The topological polar surface area (TPSA) is 98.7 Å². The number of urea groups is 1. The molecule has 4 rings (SSSR count). The largest absolute Gasteiger partial charge is 0.490 e. The van der Waals surface area contributed by atoms with Gasteiger partial charge in [0.15, 0.2) is 0 Å². The number of aliphatic carboxylic acids is 1. The van der Waals surface area contributed by atoms with Crippen molar-refractivity contribution in [2.45, 2.75) is 62.8 Å². The van der Waals surface area contributed by atoms with Crippen molar-refractivity contribution in [3.8, 4) is 0 Å². The Kier molecular flexibility index (Phi) is 6.26. The molecule has 1 aromatic rings. The molecule has 2 amide bonds. The molecule has 156 valence electrons. The fourth-order valence-electron chi connectivity index (χ4n) is 4.10. The van der Waals surface area contributed by atoms with Crippen molar-refractivity contribution in [3.63, 3.8) is 0 Å². The molecule has 1 aromatic heterocycles. The molecule has 0 spiro atoms. The lowest BCUT2D eigenvalue weighted by Crippen LogP contribution is -2.47. The summed E-state index contributed by atoms with van der Waals surface area (Å²) in [5, 5.41) is 19.5. The van der Waals surface area contributed by atoms with E-state index in [0.29, 0.717) is 18.1 Å². The van der Waals surface area contributed by atoms with Crippen LogP contribution in [0.5, 0.6) is 0 Å². The van der Waals surface area contributed by atoms with Gasteiger partial charge >= 0.3 is 18.2 Å². The number of rotatable bonds is 2.